The number of morpholine rings is 1. The van der Waals surface area contributed by atoms with E-state index in [4.69, 9.17) is 4.74 Å². The van der Waals surface area contributed by atoms with E-state index in [2.05, 4.69) is 53.7 Å². The van der Waals surface area contributed by atoms with Crippen LogP contribution in [-0.4, -0.2) is 52.3 Å². The smallest absolute Gasteiger partial charge is 0.0950 e. The molecule has 0 amide bonds. The van der Waals surface area contributed by atoms with Gasteiger partial charge in [0, 0.05) is 37.9 Å². The van der Waals surface area contributed by atoms with Gasteiger partial charge < -0.3 is 14.6 Å². The van der Waals surface area contributed by atoms with Gasteiger partial charge in [-0.1, -0.05) is 13.8 Å². The number of imidazole rings is 1. The van der Waals surface area contributed by atoms with Gasteiger partial charge in [0.2, 0.25) is 0 Å². The van der Waals surface area contributed by atoms with Crippen molar-refractivity contribution in [1.82, 2.24) is 19.8 Å². The molecule has 0 spiro atoms. The van der Waals surface area contributed by atoms with Gasteiger partial charge in [-0.2, -0.15) is 0 Å². The fourth-order valence-electron chi connectivity index (χ4n) is 2.46. The molecule has 5 nitrogen and oxygen atoms in total. The first kappa shape index (κ1) is 15.5. The molecule has 5 heteroatoms. The quantitative estimate of drug-likeness (QED) is 0.857. The highest BCUT2D eigenvalue weighted by atomic mass is 16.5. The van der Waals surface area contributed by atoms with Gasteiger partial charge in [-0.05, 0) is 13.8 Å². The van der Waals surface area contributed by atoms with Crippen molar-refractivity contribution in [1.29, 1.82) is 0 Å². The molecule has 20 heavy (non-hydrogen) atoms. The zero-order valence-corrected chi connectivity index (χ0v) is 13.2. The molecule has 0 aliphatic carbocycles. The Morgan fingerprint density at radius 2 is 2.20 bits per heavy atom. The minimum absolute atomic E-state index is 0.270. The first-order valence-electron chi connectivity index (χ1n) is 7.64. The molecule has 1 atom stereocenters. The van der Waals surface area contributed by atoms with Crippen LogP contribution in [0.15, 0.2) is 12.5 Å². The molecule has 2 rings (SSSR count). The maximum absolute atomic E-state index is 5.86. The second kappa shape index (κ2) is 7.20. The molecule has 0 aromatic carbocycles. The van der Waals surface area contributed by atoms with Crippen molar-refractivity contribution < 1.29 is 4.74 Å². The highest BCUT2D eigenvalue weighted by Crippen LogP contribution is 2.11. The fourth-order valence-corrected chi connectivity index (χ4v) is 2.46. The summed E-state index contributed by atoms with van der Waals surface area (Å²) in [5, 5.41) is 3.39. The van der Waals surface area contributed by atoms with Gasteiger partial charge in [0.25, 0.3) is 0 Å². The molecule has 1 aliphatic heterocycles. The van der Waals surface area contributed by atoms with Gasteiger partial charge in [-0.3, -0.25) is 4.90 Å². The molecule has 1 unspecified atom stereocenters. The Bertz CT molecular complexity index is 402. The lowest BCUT2D eigenvalue weighted by atomic mass is 10.2. The summed E-state index contributed by atoms with van der Waals surface area (Å²) >= 11 is 0. The topological polar surface area (TPSA) is 42.3 Å². The molecule has 0 saturated carbocycles. The van der Waals surface area contributed by atoms with Crippen molar-refractivity contribution in [3.05, 3.63) is 18.2 Å². The third kappa shape index (κ3) is 4.58. The van der Waals surface area contributed by atoms with Crippen molar-refractivity contribution in [3.8, 4) is 0 Å². The lowest BCUT2D eigenvalue weighted by Crippen LogP contribution is -2.47. The maximum Gasteiger partial charge on any atom is 0.0950 e. The lowest BCUT2D eigenvalue weighted by Gasteiger charge is -2.35. The summed E-state index contributed by atoms with van der Waals surface area (Å²) in [7, 11) is 0. The van der Waals surface area contributed by atoms with Crippen LogP contribution in [0, 0.1) is 0 Å². The molecule has 1 aliphatic rings. The van der Waals surface area contributed by atoms with Crippen LogP contribution >= 0.6 is 0 Å². The van der Waals surface area contributed by atoms with E-state index < -0.39 is 0 Å². The van der Waals surface area contributed by atoms with Crippen LogP contribution in [0.1, 0.15) is 33.4 Å². The maximum atomic E-state index is 5.86. The summed E-state index contributed by atoms with van der Waals surface area (Å²) in [4.78, 5) is 6.92. The SMILES string of the molecule is CC(C)NCc1cn(CC2CN(C(C)C)CCO2)cn1. The number of nitrogens with zero attached hydrogens (tertiary/aromatic N) is 3. The summed E-state index contributed by atoms with van der Waals surface area (Å²) < 4.78 is 8.01. The predicted molar refractivity (Wildman–Crippen MR) is 80.7 cm³/mol. The Kier molecular flexibility index (Phi) is 5.57. The monoisotopic (exact) mass is 280 g/mol. The molecule has 1 saturated heterocycles. The number of hydrogen-bond donors (Lipinski definition) is 1. The highest BCUT2D eigenvalue weighted by molar-refractivity contribution is 4.97. The molecular weight excluding hydrogens is 252 g/mol. The van der Waals surface area contributed by atoms with E-state index in [1.165, 1.54) is 0 Å². The Morgan fingerprint density at radius 3 is 2.90 bits per heavy atom. The van der Waals surface area contributed by atoms with Gasteiger partial charge in [0.05, 0.1) is 31.3 Å². The van der Waals surface area contributed by atoms with E-state index >= 15 is 0 Å². The Labute approximate surface area is 122 Å². The number of ether oxygens (including phenoxy) is 1. The molecule has 2 heterocycles. The van der Waals surface area contributed by atoms with E-state index in [9.17, 15) is 0 Å². The highest BCUT2D eigenvalue weighted by Gasteiger charge is 2.22. The van der Waals surface area contributed by atoms with Gasteiger partial charge in [-0.25, -0.2) is 4.98 Å². The van der Waals surface area contributed by atoms with Gasteiger partial charge >= 0.3 is 0 Å². The number of nitrogens with one attached hydrogen (secondary N) is 1. The Morgan fingerprint density at radius 1 is 1.40 bits per heavy atom. The first-order chi connectivity index (χ1) is 9.54. The zero-order valence-electron chi connectivity index (χ0n) is 13.2. The third-order valence-electron chi connectivity index (χ3n) is 3.69. The second-order valence-electron chi connectivity index (χ2n) is 6.18. The van der Waals surface area contributed by atoms with Crippen LogP contribution in [0.25, 0.3) is 0 Å². The number of rotatable bonds is 6. The number of aromatic nitrogens is 2. The van der Waals surface area contributed by atoms with Crippen molar-refractivity contribution in [2.24, 2.45) is 0 Å². The summed E-state index contributed by atoms with van der Waals surface area (Å²) in [5.74, 6) is 0. The molecule has 1 N–H and O–H groups in total. The molecule has 1 aromatic rings. The molecule has 0 bridgehead atoms. The van der Waals surface area contributed by atoms with Gasteiger partial charge in [-0.15, -0.1) is 0 Å². The standard InChI is InChI=1S/C15H28N4O/c1-12(2)16-7-14-8-18(11-17-14)9-15-10-19(13(3)4)5-6-20-15/h8,11-13,15-16H,5-7,9-10H2,1-4H3. The van der Waals surface area contributed by atoms with E-state index in [1.807, 2.05) is 6.33 Å². The normalized spacial score (nSPS) is 21.0. The second-order valence-corrected chi connectivity index (χ2v) is 6.18. The molecule has 1 aromatic heterocycles. The fraction of sp³-hybridized carbons (Fsp3) is 0.800. The van der Waals surface area contributed by atoms with E-state index in [0.29, 0.717) is 12.1 Å². The van der Waals surface area contributed by atoms with Crippen LogP contribution in [0.3, 0.4) is 0 Å². The minimum atomic E-state index is 0.270. The van der Waals surface area contributed by atoms with Crippen LogP contribution in [0.4, 0.5) is 0 Å². The average Bonchev–Trinajstić information content (AvgIpc) is 2.84. The molecule has 0 radical (unpaired) electrons. The van der Waals surface area contributed by atoms with Crippen LogP contribution in [0.5, 0.6) is 0 Å². The Hall–Kier alpha value is -0.910. The van der Waals surface area contributed by atoms with Crippen molar-refractivity contribution in [2.45, 2.75) is 59.0 Å². The predicted octanol–water partition coefficient (Wildman–Crippen LogP) is 1.49. The van der Waals surface area contributed by atoms with E-state index in [0.717, 1.165) is 38.5 Å². The zero-order chi connectivity index (χ0) is 14.5. The molecule has 1 fully saturated rings. The summed E-state index contributed by atoms with van der Waals surface area (Å²) in [5.41, 5.74) is 1.09. The summed E-state index contributed by atoms with van der Waals surface area (Å²) in [6.07, 6.45) is 4.30. The van der Waals surface area contributed by atoms with Crippen LogP contribution in [0.2, 0.25) is 0 Å². The van der Waals surface area contributed by atoms with Gasteiger partial charge in [0.15, 0.2) is 0 Å². The average molecular weight is 280 g/mol. The number of hydrogen-bond acceptors (Lipinski definition) is 4. The third-order valence-corrected chi connectivity index (χ3v) is 3.69. The van der Waals surface area contributed by atoms with Crippen LogP contribution < -0.4 is 5.32 Å². The van der Waals surface area contributed by atoms with Gasteiger partial charge in [0.1, 0.15) is 0 Å². The van der Waals surface area contributed by atoms with Crippen molar-refractivity contribution in [3.63, 3.8) is 0 Å². The van der Waals surface area contributed by atoms with E-state index in [1.54, 1.807) is 0 Å². The summed E-state index contributed by atoms with van der Waals surface area (Å²) in [6, 6.07) is 1.08. The molecular formula is C15H28N4O. The first-order valence-corrected chi connectivity index (χ1v) is 7.64. The van der Waals surface area contributed by atoms with E-state index in [-0.39, 0.29) is 6.10 Å². The lowest BCUT2D eigenvalue weighted by molar-refractivity contribution is -0.0456. The van der Waals surface area contributed by atoms with Crippen molar-refractivity contribution >= 4 is 0 Å². The van der Waals surface area contributed by atoms with Crippen LogP contribution in [-0.2, 0) is 17.8 Å². The molecule has 114 valence electrons. The Balaban J connectivity index is 1.83. The van der Waals surface area contributed by atoms with Crippen molar-refractivity contribution in [2.75, 3.05) is 19.7 Å². The largest absolute Gasteiger partial charge is 0.374 e. The minimum Gasteiger partial charge on any atom is -0.374 e. The summed E-state index contributed by atoms with van der Waals surface area (Å²) in [6.45, 7) is 13.4.